The number of hydrogen-bond donors (Lipinski definition) is 1. The van der Waals surface area contributed by atoms with E-state index in [4.69, 9.17) is 14.2 Å². The van der Waals surface area contributed by atoms with E-state index in [-0.39, 0.29) is 6.10 Å². The van der Waals surface area contributed by atoms with Gasteiger partial charge < -0.3 is 24.1 Å². The number of ether oxygens (including phenoxy) is 3. The molecule has 1 heterocycles. The first kappa shape index (κ1) is 15.6. The van der Waals surface area contributed by atoms with Gasteiger partial charge in [-0.15, -0.1) is 0 Å². The summed E-state index contributed by atoms with van der Waals surface area (Å²) in [6.07, 6.45) is -0.0988. The van der Waals surface area contributed by atoms with E-state index in [1.165, 1.54) is 0 Å². The minimum Gasteiger partial charge on any atom is -0.368 e. The van der Waals surface area contributed by atoms with E-state index < -0.39 is 23.8 Å². The molecule has 0 aromatic carbocycles. The van der Waals surface area contributed by atoms with Crippen LogP contribution < -0.4 is 0 Å². The van der Waals surface area contributed by atoms with Crippen LogP contribution in [0.4, 0.5) is 0 Å². The van der Waals surface area contributed by atoms with Crippen LogP contribution in [-0.2, 0) is 19.0 Å². The van der Waals surface area contributed by atoms with E-state index in [2.05, 4.69) is 0 Å². The normalized spacial score (nSPS) is 29.9. The summed E-state index contributed by atoms with van der Waals surface area (Å²) in [5.74, 6) is -0.810. The first-order valence-electron chi connectivity index (χ1n) is 6.28. The Morgan fingerprint density at radius 2 is 2.06 bits per heavy atom. The number of aliphatic hydroxyl groups excluding tert-OH is 1. The van der Waals surface area contributed by atoms with Crippen molar-refractivity contribution in [1.82, 2.24) is 0 Å². The van der Waals surface area contributed by atoms with Crippen LogP contribution in [0.5, 0.6) is 0 Å². The number of carbonyl (C=O) groups excluding carboxylic acids is 1. The largest absolute Gasteiger partial charge is 0.368 e. The molecule has 1 aliphatic heterocycles. The second kappa shape index (κ2) is 5.65. The fraction of sp³-hybridized carbons (Fsp3) is 0.923. The molecule has 0 aromatic rings. The molecule has 0 spiro atoms. The number of hydrogen-bond acceptors (Lipinski definition) is 5. The molecule has 0 amide bonds. The third-order valence-corrected chi connectivity index (χ3v) is 2.49. The zero-order chi connectivity index (χ0) is 14.0. The number of aldehydes is 1. The van der Waals surface area contributed by atoms with E-state index in [0.717, 1.165) is 6.29 Å². The van der Waals surface area contributed by atoms with Crippen LogP contribution in [0, 0.1) is 0 Å². The fourth-order valence-electron chi connectivity index (χ4n) is 2.06. The summed E-state index contributed by atoms with van der Waals surface area (Å²) in [5, 5.41) is 9.83. The van der Waals surface area contributed by atoms with Gasteiger partial charge in [0.25, 0.3) is 0 Å². The lowest BCUT2D eigenvalue weighted by atomic mass is 10.1. The van der Waals surface area contributed by atoms with E-state index in [0.29, 0.717) is 12.8 Å². The Morgan fingerprint density at radius 1 is 1.44 bits per heavy atom. The van der Waals surface area contributed by atoms with Crippen LogP contribution in [0.1, 0.15) is 47.5 Å². The monoisotopic (exact) mass is 260 g/mol. The highest BCUT2D eigenvalue weighted by molar-refractivity contribution is 5.56. The molecule has 106 valence electrons. The predicted octanol–water partition coefficient (Wildman–Crippen LogP) is 1.62. The molecular formula is C13H24O5. The molecular weight excluding hydrogens is 236 g/mol. The van der Waals surface area contributed by atoms with E-state index in [9.17, 15) is 9.90 Å². The molecule has 5 heteroatoms. The SMILES string of the molecule is CC(C)(C)OC(O)C[C@H]1C[C@@H](C=O)OC(C)(C)O1. The van der Waals surface area contributed by atoms with Crippen molar-refractivity contribution in [2.24, 2.45) is 0 Å². The van der Waals surface area contributed by atoms with Gasteiger partial charge in [0.15, 0.2) is 12.1 Å². The van der Waals surface area contributed by atoms with Crippen molar-refractivity contribution in [3.63, 3.8) is 0 Å². The summed E-state index contributed by atoms with van der Waals surface area (Å²) in [6, 6.07) is 0. The summed E-state index contributed by atoms with van der Waals surface area (Å²) >= 11 is 0. The van der Waals surface area contributed by atoms with Crippen LogP contribution in [0.15, 0.2) is 0 Å². The molecule has 3 atom stereocenters. The Balaban J connectivity index is 2.53. The van der Waals surface area contributed by atoms with Crippen molar-refractivity contribution in [2.75, 3.05) is 0 Å². The highest BCUT2D eigenvalue weighted by atomic mass is 16.7. The number of rotatable bonds is 4. The summed E-state index contributed by atoms with van der Waals surface area (Å²) < 4.78 is 16.5. The molecule has 0 aromatic heterocycles. The van der Waals surface area contributed by atoms with E-state index in [1.54, 1.807) is 13.8 Å². The van der Waals surface area contributed by atoms with Gasteiger partial charge in [-0.2, -0.15) is 0 Å². The van der Waals surface area contributed by atoms with E-state index >= 15 is 0 Å². The molecule has 18 heavy (non-hydrogen) atoms. The third kappa shape index (κ3) is 5.44. The highest BCUT2D eigenvalue weighted by Crippen LogP contribution is 2.28. The maximum absolute atomic E-state index is 10.8. The van der Waals surface area contributed by atoms with Gasteiger partial charge in [-0.05, 0) is 34.6 Å². The fourth-order valence-corrected chi connectivity index (χ4v) is 2.06. The lowest BCUT2D eigenvalue weighted by molar-refractivity contribution is -0.301. The zero-order valence-electron chi connectivity index (χ0n) is 11.8. The van der Waals surface area contributed by atoms with Crippen molar-refractivity contribution >= 4 is 6.29 Å². The number of aliphatic hydroxyl groups is 1. The lowest BCUT2D eigenvalue weighted by Gasteiger charge is -2.39. The van der Waals surface area contributed by atoms with Crippen molar-refractivity contribution in [2.45, 2.75) is 77.3 Å². The van der Waals surface area contributed by atoms with Crippen molar-refractivity contribution < 1.29 is 24.1 Å². The molecule has 5 nitrogen and oxygen atoms in total. The summed E-state index contributed by atoms with van der Waals surface area (Å²) in [6.45, 7) is 9.14. The van der Waals surface area contributed by atoms with Gasteiger partial charge in [-0.3, -0.25) is 0 Å². The van der Waals surface area contributed by atoms with Crippen LogP contribution in [0.2, 0.25) is 0 Å². The maximum atomic E-state index is 10.8. The lowest BCUT2D eigenvalue weighted by Crippen LogP contribution is -2.46. The average Bonchev–Trinajstić information content (AvgIpc) is 2.11. The third-order valence-electron chi connectivity index (χ3n) is 2.49. The molecule has 1 aliphatic rings. The van der Waals surface area contributed by atoms with E-state index in [1.807, 2.05) is 20.8 Å². The summed E-state index contributed by atoms with van der Waals surface area (Å²) in [5.41, 5.74) is -0.413. The molecule has 1 saturated heterocycles. The molecule has 0 saturated carbocycles. The standard InChI is InChI=1S/C13H24O5/c1-12(2,3)18-11(15)7-9-6-10(8-14)17-13(4,5)16-9/h8-11,15H,6-7H2,1-5H3/t9-,10+,11?/m1/s1. The second-order valence-electron chi connectivity index (χ2n) is 6.09. The Labute approximate surface area is 108 Å². The second-order valence-corrected chi connectivity index (χ2v) is 6.09. The molecule has 1 unspecified atom stereocenters. The molecule has 1 N–H and O–H groups in total. The van der Waals surface area contributed by atoms with Crippen LogP contribution in [-0.4, -0.2) is 41.3 Å². The van der Waals surface area contributed by atoms with Crippen LogP contribution in [0.3, 0.4) is 0 Å². The smallest absolute Gasteiger partial charge is 0.164 e. The molecule has 0 aliphatic carbocycles. The average molecular weight is 260 g/mol. The van der Waals surface area contributed by atoms with Gasteiger partial charge >= 0.3 is 0 Å². The van der Waals surface area contributed by atoms with Crippen LogP contribution in [0.25, 0.3) is 0 Å². The van der Waals surface area contributed by atoms with Crippen molar-refractivity contribution in [3.8, 4) is 0 Å². The quantitative estimate of drug-likeness (QED) is 0.614. The first-order valence-corrected chi connectivity index (χ1v) is 6.28. The Morgan fingerprint density at radius 3 is 2.56 bits per heavy atom. The summed E-state index contributed by atoms with van der Waals surface area (Å²) in [7, 11) is 0. The highest BCUT2D eigenvalue weighted by Gasteiger charge is 2.36. The Hall–Kier alpha value is -0.490. The molecule has 0 bridgehead atoms. The van der Waals surface area contributed by atoms with Gasteiger partial charge in [0.05, 0.1) is 11.7 Å². The Kier molecular flexibility index (Phi) is 4.89. The topological polar surface area (TPSA) is 65.0 Å². The van der Waals surface area contributed by atoms with Gasteiger partial charge in [0, 0.05) is 12.8 Å². The van der Waals surface area contributed by atoms with Crippen molar-refractivity contribution in [3.05, 3.63) is 0 Å². The summed E-state index contributed by atoms with van der Waals surface area (Å²) in [4.78, 5) is 10.8. The molecule has 0 radical (unpaired) electrons. The van der Waals surface area contributed by atoms with Gasteiger partial charge in [0.2, 0.25) is 0 Å². The van der Waals surface area contributed by atoms with Gasteiger partial charge in [-0.25, -0.2) is 0 Å². The molecule has 1 fully saturated rings. The molecule has 1 rings (SSSR count). The Bertz CT molecular complexity index is 282. The van der Waals surface area contributed by atoms with Gasteiger partial charge in [-0.1, -0.05) is 0 Å². The van der Waals surface area contributed by atoms with Crippen molar-refractivity contribution in [1.29, 1.82) is 0 Å². The zero-order valence-corrected chi connectivity index (χ0v) is 11.8. The maximum Gasteiger partial charge on any atom is 0.164 e. The minimum atomic E-state index is -0.906. The minimum absolute atomic E-state index is 0.249. The first-order chi connectivity index (χ1) is 8.11. The number of carbonyl (C=O) groups is 1. The van der Waals surface area contributed by atoms with Gasteiger partial charge in [0.1, 0.15) is 12.4 Å². The van der Waals surface area contributed by atoms with Crippen LogP contribution >= 0.6 is 0 Å². The predicted molar refractivity (Wildman–Crippen MR) is 66.0 cm³/mol.